The van der Waals surface area contributed by atoms with Crippen LogP contribution in [0.3, 0.4) is 0 Å². The number of rotatable bonds is 3. The number of aliphatic hydroxyl groups excluding tert-OH is 1. The number of urea groups is 1. The molecule has 0 saturated carbocycles. The van der Waals surface area contributed by atoms with E-state index in [2.05, 4.69) is 0 Å². The van der Waals surface area contributed by atoms with E-state index in [4.69, 9.17) is 5.11 Å². The van der Waals surface area contributed by atoms with E-state index < -0.39 is 11.5 Å². The zero-order valence-electron chi connectivity index (χ0n) is 12.5. The second kappa shape index (κ2) is 5.37. The van der Waals surface area contributed by atoms with Gasteiger partial charge in [0, 0.05) is 19.3 Å². The van der Waals surface area contributed by atoms with Gasteiger partial charge in [0.2, 0.25) is 0 Å². The number of hydrogen-bond acceptors (Lipinski definition) is 3. The van der Waals surface area contributed by atoms with Crippen LogP contribution in [0.5, 0.6) is 0 Å². The molecule has 2 amide bonds. The van der Waals surface area contributed by atoms with Gasteiger partial charge in [-0.3, -0.25) is 4.90 Å². The summed E-state index contributed by atoms with van der Waals surface area (Å²) in [4.78, 5) is 26.7. The Kier molecular flexibility index (Phi) is 3.91. The number of likely N-dealkylation sites (N-methyl/N-ethyl adjacent to an activating group) is 1. The number of amides is 2. The molecule has 0 aliphatic carbocycles. The van der Waals surface area contributed by atoms with Gasteiger partial charge in [-0.1, -0.05) is 0 Å². The standard InChI is InChI=1S/C15H20N2O4/c1-15(2,9-18)16(3)14(21)17-7-6-10-8-11(13(19)20)4-5-12(10)17/h4-5,8,18H,6-7,9H2,1-3H3,(H,19,20). The van der Waals surface area contributed by atoms with Gasteiger partial charge in [0.15, 0.2) is 0 Å². The van der Waals surface area contributed by atoms with Crippen molar-refractivity contribution in [1.29, 1.82) is 0 Å². The fraction of sp³-hybridized carbons (Fsp3) is 0.467. The van der Waals surface area contributed by atoms with Gasteiger partial charge < -0.3 is 15.1 Å². The second-order valence-corrected chi connectivity index (χ2v) is 5.86. The molecule has 0 spiro atoms. The largest absolute Gasteiger partial charge is 0.478 e. The number of hydrogen-bond donors (Lipinski definition) is 2. The van der Waals surface area contributed by atoms with Crippen LogP contribution in [-0.4, -0.2) is 52.9 Å². The summed E-state index contributed by atoms with van der Waals surface area (Å²) < 4.78 is 0. The summed E-state index contributed by atoms with van der Waals surface area (Å²) >= 11 is 0. The molecule has 0 fully saturated rings. The molecule has 2 N–H and O–H groups in total. The lowest BCUT2D eigenvalue weighted by molar-refractivity contribution is 0.0696. The molecule has 1 aromatic rings. The maximum Gasteiger partial charge on any atom is 0.335 e. The van der Waals surface area contributed by atoms with E-state index in [0.717, 1.165) is 11.3 Å². The zero-order valence-corrected chi connectivity index (χ0v) is 12.5. The molecule has 0 atom stereocenters. The van der Waals surface area contributed by atoms with Crippen LogP contribution in [-0.2, 0) is 6.42 Å². The topological polar surface area (TPSA) is 81.1 Å². The Labute approximate surface area is 123 Å². The first-order chi connectivity index (χ1) is 9.77. The van der Waals surface area contributed by atoms with E-state index in [9.17, 15) is 14.7 Å². The Hall–Kier alpha value is -2.08. The highest BCUT2D eigenvalue weighted by atomic mass is 16.4. The van der Waals surface area contributed by atoms with Crippen molar-refractivity contribution in [1.82, 2.24) is 4.90 Å². The summed E-state index contributed by atoms with van der Waals surface area (Å²) in [6, 6.07) is 4.59. The highest BCUT2D eigenvalue weighted by Gasteiger charge is 2.33. The number of carboxylic acid groups (broad SMARTS) is 1. The molecule has 0 aromatic heterocycles. The number of anilines is 1. The van der Waals surface area contributed by atoms with E-state index in [-0.39, 0.29) is 18.2 Å². The van der Waals surface area contributed by atoms with Gasteiger partial charge in [0.1, 0.15) is 0 Å². The number of carboxylic acids is 1. The van der Waals surface area contributed by atoms with Gasteiger partial charge >= 0.3 is 12.0 Å². The van der Waals surface area contributed by atoms with Crippen LogP contribution in [0, 0.1) is 0 Å². The number of aromatic carboxylic acids is 1. The quantitative estimate of drug-likeness (QED) is 0.886. The fourth-order valence-corrected chi connectivity index (χ4v) is 2.28. The van der Waals surface area contributed by atoms with Crippen LogP contribution in [0.4, 0.5) is 10.5 Å². The minimum Gasteiger partial charge on any atom is -0.478 e. The van der Waals surface area contributed by atoms with Crippen LogP contribution in [0.2, 0.25) is 0 Å². The summed E-state index contributed by atoms with van der Waals surface area (Å²) in [6.45, 7) is 3.96. The highest BCUT2D eigenvalue weighted by molar-refractivity contribution is 5.96. The van der Waals surface area contributed by atoms with E-state index in [1.54, 1.807) is 37.9 Å². The summed E-state index contributed by atoms with van der Waals surface area (Å²) in [7, 11) is 1.65. The molecule has 2 rings (SSSR count). The Morgan fingerprint density at radius 2 is 2.05 bits per heavy atom. The third-order valence-corrected chi connectivity index (χ3v) is 4.03. The molecule has 0 saturated heterocycles. The number of carbonyl (C=O) groups excluding carboxylic acids is 1. The molecule has 6 nitrogen and oxygen atoms in total. The van der Waals surface area contributed by atoms with E-state index in [1.807, 2.05) is 0 Å². The minimum absolute atomic E-state index is 0.131. The van der Waals surface area contributed by atoms with Crippen molar-refractivity contribution in [3.8, 4) is 0 Å². The summed E-state index contributed by atoms with van der Waals surface area (Å²) in [6.07, 6.45) is 0.635. The fourth-order valence-electron chi connectivity index (χ4n) is 2.28. The number of nitrogens with zero attached hydrogens (tertiary/aromatic N) is 2. The molecule has 1 aliphatic heterocycles. The van der Waals surface area contributed by atoms with E-state index in [1.165, 1.54) is 11.0 Å². The molecule has 114 valence electrons. The monoisotopic (exact) mass is 292 g/mol. The van der Waals surface area contributed by atoms with E-state index >= 15 is 0 Å². The average Bonchev–Trinajstić information content (AvgIpc) is 2.88. The Morgan fingerprint density at radius 3 is 2.62 bits per heavy atom. The first-order valence-electron chi connectivity index (χ1n) is 6.80. The van der Waals surface area contributed by atoms with Crippen LogP contribution in [0.25, 0.3) is 0 Å². The van der Waals surface area contributed by atoms with Crippen molar-refractivity contribution in [2.24, 2.45) is 0 Å². The predicted molar refractivity (Wildman–Crippen MR) is 78.8 cm³/mol. The average molecular weight is 292 g/mol. The van der Waals surface area contributed by atoms with Gasteiger partial charge in [0.25, 0.3) is 0 Å². The first kappa shape index (κ1) is 15.3. The smallest absolute Gasteiger partial charge is 0.335 e. The highest BCUT2D eigenvalue weighted by Crippen LogP contribution is 2.30. The molecule has 21 heavy (non-hydrogen) atoms. The molecule has 0 radical (unpaired) electrons. The molecule has 1 heterocycles. The molecular formula is C15H20N2O4. The van der Waals surface area contributed by atoms with Gasteiger partial charge in [0.05, 0.1) is 17.7 Å². The number of benzene rings is 1. The van der Waals surface area contributed by atoms with Crippen LogP contribution in [0.1, 0.15) is 29.8 Å². The third kappa shape index (κ3) is 2.71. The third-order valence-electron chi connectivity index (χ3n) is 4.03. The van der Waals surface area contributed by atoms with Crippen molar-refractivity contribution in [2.45, 2.75) is 25.8 Å². The lowest BCUT2D eigenvalue weighted by Gasteiger charge is -2.36. The van der Waals surface area contributed by atoms with Crippen LogP contribution >= 0.6 is 0 Å². The Balaban J connectivity index is 2.27. The minimum atomic E-state index is -0.971. The van der Waals surface area contributed by atoms with Crippen molar-refractivity contribution in [2.75, 3.05) is 25.1 Å². The van der Waals surface area contributed by atoms with Gasteiger partial charge in [-0.2, -0.15) is 0 Å². The second-order valence-electron chi connectivity index (χ2n) is 5.86. The zero-order chi connectivity index (χ0) is 15.8. The number of fused-ring (bicyclic) bond motifs is 1. The number of carbonyl (C=O) groups is 2. The molecule has 0 unspecified atom stereocenters. The summed E-state index contributed by atoms with van der Waals surface area (Å²) in [5.74, 6) is -0.971. The first-order valence-corrected chi connectivity index (χ1v) is 6.80. The lowest BCUT2D eigenvalue weighted by atomic mass is 10.1. The SMILES string of the molecule is CN(C(=O)N1CCc2cc(C(=O)O)ccc21)C(C)(C)CO. The van der Waals surface area contributed by atoms with Crippen LogP contribution < -0.4 is 4.90 Å². The van der Waals surface area contributed by atoms with E-state index in [0.29, 0.717) is 13.0 Å². The molecule has 6 heteroatoms. The van der Waals surface area contributed by atoms with Crippen LogP contribution in [0.15, 0.2) is 18.2 Å². The molecule has 1 aromatic carbocycles. The predicted octanol–water partition coefficient (Wildman–Crippen LogP) is 1.57. The summed E-state index contributed by atoms with van der Waals surface area (Å²) in [5.41, 5.74) is 1.18. The maximum absolute atomic E-state index is 12.6. The lowest BCUT2D eigenvalue weighted by Crippen LogP contribution is -2.52. The Bertz CT molecular complexity index is 583. The number of aliphatic hydroxyl groups is 1. The maximum atomic E-state index is 12.6. The molecular weight excluding hydrogens is 272 g/mol. The Morgan fingerprint density at radius 1 is 1.38 bits per heavy atom. The van der Waals surface area contributed by atoms with Gasteiger partial charge in [-0.25, -0.2) is 9.59 Å². The van der Waals surface area contributed by atoms with Crippen molar-refractivity contribution in [3.05, 3.63) is 29.3 Å². The van der Waals surface area contributed by atoms with Crippen molar-refractivity contribution in [3.63, 3.8) is 0 Å². The van der Waals surface area contributed by atoms with Crippen molar-refractivity contribution >= 4 is 17.7 Å². The summed E-state index contributed by atoms with van der Waals surface area (Å²) in [5, 5.41) is 18.4. The molecule has 0 bridgehead atoms. The normalized spacial score (nSPS) is 14.0. The molecule has 1 aliphatic rings. The van der Waals surface area contributed by atoms with Gasteiger partial charge in [-0.15, -0.1) is 0 Å². The van der Waals surface area contributed by atoms with Crippen molar-refractivity contribution < 1.29 is 19.8 Å². The van der Waals surface area contributed by atoms with Gasteiger partial charge in [-0.05, 0) is 44.0 Å².